The van der Waals surface area contributed by atoms with Crippen molar-refractivity contribution < 1.29 is 9.90 Å². The van der Waals surface area contributed by atoms with E-state index in [1.165, 1.54) is 38.8 Å². The highest BCUT2D eigenvalue weighted by Gasteiger charge is 2.28. The molecule has 0 atom stereocenters. The first-order valence-electron chi connectivity index (χ1n) is 9.14. The number of rotatable bonds is 7. The van der Waals surface area contributed by atoms with Crippen molar-refractivity contribution in [2.45, 2.75) is 69.8 Å². The molecule has 1 saturated heterocycles. The Morgan fingerprint density at radius 2 is 1.64 bits per heavy atom. The number of carbonyl (C=O) groups is 1. The Labute approximate surface area is 134 Å². The van der Waals surface area contributed by atoms with Crippen LogP contribution in [-0.2, 0) is 0 Å². The standard InChI is InChI=1S/C17H33N3O2/c21-16(18-11-5-6-12-20-13-7-8-14-20)19-15-17(22)9-3-1-2-4-10-17/h22H,1-15H2,(H2,18,19,21). The van der Waals surface area contributed by atoms with Gasteiger partial charge in [-0.1, -0.05) is 25.7 Å². The summed E-state index contributed by atoms with van der Waals surface area (Å²) >= 11 is 0. The predicted molar refractivity (Wildman–Crippen MR) is 89.0 cm³/mol. The maximum absolute atomic E-state index is 11.8. The molecule has 0 spiro atoms. The van der Waals surface area contributed by atoms with Crippen LogP contribution in [0.3, 0.4) is 0 Å². The Balaban J connectivity index is 1.50. The van der Waals surface area contributed by atoms with Crippen LogP contribution in [-0.4, -0.2) is 54.4 Å². The summed E-state index contributed by atoms with van der Waals surface area (Å²) in [6.45, 7) is 4.74. The molecule has 5 nitrogen and oxygen atoms in total. The molecule has 0 unspecified atom stereocenters. The minimum absolute atomic E-state index is 0.140. The third-order valence-corrected chi connectivity index (χ3v) is 5.00. The highest BCUT2D eigenvalue weighted by Crippen LogP contribution is 2.26. The molecule has 3 N–H and O–H groups in total. The van der Waals surface area contributed by atoms with Gasteiger partial charge in [-0.25, -0.2) is 4.79 Å². The minimum atomic E-state index is -0.691. The van der Waals surface area contributed by atoms with E-state index in [4.69, 9.17) is 0 Å². The monoisotopic (exact) mass is 311 g/mol. The number of carbonyl (C=O) groups excluding carboxylic acids is 1. The lowest BCUT2D eigenvalue weighted by atomic mass is 9.95. The average Bonchev–Trinajstić information content (AvgIpc) is 2.93. The number of urea groups is 1. The molecular weight excluding hydrogens is 278 g/mol. The van der Waals surface area contributed by atoms with Gasteiger partial charge in [0.2, 0.25) is 0 Å². The van der Waals surface area contributed by atoms with E-state index in [0.717, 1.165) is 51.6 Å². The molecule has 1 aliphatic heterocycles. The number of hydrogen-bond donors (Lipinski definition) is 3. The van der Waals surface area contributed by atoms with Crippen LogP contribution < -0.4 is 10.6 Å². The van der Waals surface area contributed by atoms with Crippen LogP contribution in [0.2, 0.25) is 0 Å². The van der Waals surface area contributed by atoms with Gasteiger partial charge in [0.1, 0.15) is 0 Å². The third kappa shape index (κ3) is 6.53. The van der Waals surface area contributed by atoms with Crippen molar-refractivity contribution in [3.8, 4) is 0 Å². The van der Waals surface area contributed by atoms with E-state index in [1.54, 1.807) is 0 Å². The number of hydrogen-bond acceptors (Lipinski definition) is 3. The summed E-state index contributed by atoms with van der Waals surface area (Å²) in [4.78, 5) is 14.3. The summed E-state index contributed by atoms with van der Waals surface area (Å²) in [6, 6.07) is -0.140. The van der Waals surface area contributed by atoms with Crippen LogP contribution >= 0.6 is 0 Å². The Morgan fingerprint density at radius 3 is 2.32 bits per heavy atom. The van der Waals surface area contributed by atoms with Crippen LogP contribution in [0.25, 0.3) is 0 Å². The lowest BCUT2D eigenvalue weighted by Crippen LogP contribution is -2.46. The molecular formula is C17H33N3O2. The van der Waals surface area contributed by atoms with E-state index >= 15 is 0 Å². The zero-order chi connectivity index (χ0) is 15.7. The highest BCUT2D eigenvalue weighted by molar-refractivity contribution is 5.73. The average molecular weight is 311 g/mol. The number of nitrogens with zero attached hydrogens (tertiary/aromatic N) is 1. The molecule has 0 bridgehead atoms. The summed E-state index contributed by atoms with van der Waals surface area (Å²) in [5.41, 5.74) is -0.691. The predicted octanol–water partition coefficient (Wildman–Crippen LogP) is 2.25. The zero-order valence-corrected chi connectivity index (χ0v) is 13.9. The number of aliphatic hydroxyl groups is 1. The molecule has 1 saturated carbocycles. The van der Waals surface area contributed by atoms with Gasteiger partial charge in [-0.05, 0) is 58.2 Å². The van der Waals surface area contributed by atoms with Crippen molar-refractivity contribution in [2.75, 3.05) is 32.7 Å². The summed E-state index contributed by atoms with van der Waals surface area (Å²) in [6.07, 6.45) is 11.0. The summed E-state index contributed by atoms with van der Waals surface area (Å²) < 4.78 is 0. The Kier molecular flexibility index (Phi) is 7.46. The fourth-order valence-corrected chi connectivity index (χ4v) is 3.54. The second kappa shape index (κ2) is 9.36. The van der Waals surface area contributed by atoms with Crippen molar-refractivity contribution in [3.05, 3.63) is 0 Å². The van der Waals surface area contributed by atoms with Crippen LogP contribution in [0, 0.1) is 0 Å². The summed E-state index contributed by atoms with van der Waals surface area (Å²) in [7, 11) is 0. The van der Waals surface area contributed by atoms with Gasteiger partial charge in [-0.3, -0.25) is 0 Å². The molecule has 1 heterocycles. The van der Waals surface area contributed by atoms with Gasteiger partial charge in [-0.2, -0.15) is 0 Å². The van der Waals surface area contributed by atoms with Gasteiger partial charge in [0.25, 0.3) is 0 Å². The van der Waals surface area contributed by atoms with Crippen molar-refractivity contribution in [1.29, 1.82) is 0 Å². The topological polar surface area (TPSA) is 64.6 Å². The normalized spacial score (nSPS) is 22.2. The maximum Gasteiger partial charge on any atom is 0.314 e. The molecule has 2 aliphatic rings. The van der Waals surface area contributed by atoms with Crippen LogP contribution in [0.5, 0.6) is 0 Å². The van der Waals surface area contributed by atoms with Crippen molar-refractivity contribution in [1.82, 2.24) is 15.5 Å². The molecule has 1 aliphatic carbocycles. The number of unbranched alkanes of at least 4 members (excludes halogenated alkanes) is 1. The second-order valence-electron chi connectivity index (χ2n) is 7.00. The molecule has 0 radical (unpaired) electrons. The molecule has 0 aromatic carbocycles. The van der Waals surface area contributed by atoms with Gasteiger partial charge in [0.15, 0.2) is 0 Å². The highest BCUT2D eigenvalue weighted by atomic mass is 16.3. The van der Waals surface area contributed by atoms with Gasteiger partial charge in [0, 0.05) is 13.1 Å². The van der Waals surface area contributed by atoms with E-state index in [-0.39, 0.29) is 6.03 Å². The van der Waals surface area contributed by atoms with Crippen LogP contribution in [0.1, 0.15) is 64.2 Å². The zero-order valence-electron chi connectivity index (χ0n) is 13.9. The fraction of sp³-hybridized carbons (Fsp3) is 0.941. The van der Waals surface area contributed by atoms with Gasteiger partial charge in [-0.15, -0.1) is 0 Å². The Morgan fingerprint density at radius 1 is 0.955 bits per heavy atom. The minimum Gasteiger partial charge on any atom is -0.388 e. The summed E-state index contributed by atoms with van der Waals surface area (Å²) in [5.74, 6) is 0. The SMILES string of the molecule is O=C(NCCCCN1CCCC1)NCC1(O)CCCCCC1. The number of nitrogens with one attached hydrogen (secondary N) is 2. The molecule has 2 fully saturated rings. The molecule has 0 aromatic rings. The second-order valence-corrected chi connectivity index (χ2v) is 7.00. The van der Waals surface area contributed by atoms with Crippen molar-refractivity contribution in [3.63, 3.8) is 0 Å². The maximum atomic E-state index is 11.8. The quantitative estimate of drug-likeness (QED) is 0.499. The molecule has 2 amide bonds. The fourth-order valence-electron chi connectivity index (χ4n) is 3.54. The Bertz CT molecular complexity index is 322. The molecule has 128 valence electrons. The lowest BCUT2D eigenvalue weighted by Gasteiger charge is -2.26. The van der Waals surface area contributed by atoms with Crippen molar-refractivity contribution >= 4 is 6.03 Å². The first kappa shape index (κ1) is 17.5. The van der Waals surface area contributed by atoms with E-state index in [0.29, 0.717) is 6.54 Å². The largest absolute Gasteiger partial charge is 0.388 e. The van der Waals surface area contributed by atoms with Crippen LogP contribution in [0.15, 0.2) is 0 Å². The first-order valence-corrected chi connectivity index (χ1v) is 9.14. The van der Waals surface area contributed by atoms with E-state index in [9.17, 15) is 9.90 Å². The summed E-state index contributed by atoms with van der Waals surface area (Å²) in [5, 5.41) is 16.2. The van der Waals surface area contributed by atoms with E-state index in [2.05, 4.69) is 15.5 Å². The van der Waals surface area contributed by atoms with Gasteiger partial charge < -0.3 is 20.6 Å². The molecule has 2 rings (SSSR count). The van der Waals surface area contributed by atoms with Crippen molar-refractivity contribution in [2.24, 2.45) is 0 Å². The molecule has 0 aromatic heterocycles. The van der Waals surface area contributed by atoms with Crippen LogP contribution in [0.4, 0.5) is 4.79 Å². The molecule has 22 heavy (non-hydrogen) atoms. The van der Waals surface area contributed by atoms with Gasteiger partial charge >= 0.3 is 6.03 Å². The number of amides is 2. The number of likely N-dealkylation sites (tertiary alicyclic amines) is 1. The van der Waals surface area contributed by atoms with E-state index in [1.807, 2.05) is 0 Å². The lowest BCUT2D eigenvalue weighted by molar-refractivity contribution is 0.0277. The third-order valence-electron chi connectivity index (χ3n) is 5.00. The van der Waals surface area contributed by atoms with Gasteiger partial charge in [0.05, 0.1) is 5.60 Å². The molecule has 5 heteroatoms. The van der Waals surface area contributed by atoms with E-state index < -0.39 is 5.60 Å². The smallest absolute Gasteiger partial charge is 0.314 e. The first-order chi connectivity index (χ1) is 10.7. The Hall–Kier alpha value is -0.810.